The van der Waals surface area contributed by atoms with E-state index in [2.05, 4.69) is 6.58 Å². The molecule has 0 aromatic rings. The molecule has 0 aromatic heterocycles. The van der Waals surface area contributed by atoms with E-state index in [0.717, 1.165) is 18.4 Å². The van der Waals surface area contributed by atoms with Gasteiger partial charge in [0.2, 0.25) is 0 Å². The Balaban J connectivity index is 1.71. The Labute approximate surface area is 239 Å². The van der Waals surface area contributed by atoms with Crippen molar-refractivity contribution in [1.82, 2.24) is 0 Å². The molecule has 0 N–H and O–H groups in total. The highest BCUT2D eigenvalue weighted by molar-refractivity contribution is 5.75. The van der Waals surface area contributed by atoms with Crippen LogP contribution in [0, 0.1) is 23.7 Å². The molecule has 0 radical (unpaired) electrons. The van der Waals surface area contributed by atoms with Crippen molar-refractivity contribution in [2.45, 2.75) is 110 Å². The molecule has 2 saturated carbocycles. The van der Waals surface area contributed by atoms with E-state index in [1.807, 2.05) is 13.8 Å². The number of ether oxygens (including phenoxy) is 7. The minimum absolute atomic E-state index is 0.00864. The van der Waals surface area contributed by atoms with E-state index in [1.165, 1.54) is 27.7 Å². The summed E-state index contributed by atoms with van der Waals surface area (Å²) < 4.78 is 40.7. The van der Waals surface area contributed by atoms with Gasteiger partial charge in [-0.1, -0.05) is 19.1 Å². The highest BCUT2D eigenvalue weighted by Gasteiger charge is 2.60. The Morgan fingerprint density at radius 2 is 1.54 bits per heavy atom. The molecule has 4 rings (SSSR count). The van der Waals surface area contributed by atoms with E-state index < -0.39 is 60.2 Å². The summed E-state index contributed by atoms with van der Waals surface area (Å²) in [6.45, 7) is 12.5. The summed E-state index contributed by atoms with van der Waals surface area (Å²) >= 11 is 0. The maximum Gasteiger partial charge on any atom is 0.309 e. The molecule has 4 aliphatic rings. The van der Waals surface area contributed by atoms with Gasteiger partial charge in [0, 0.05) is 39.5 Å². The zero-order valence-electron chi connectivity index (χ0n) is 24.4. The van der Waals surface area contributed by atoms with Crippen LogP contribution in [0.5, 0.6) is 0 Å². The first-order valence-corrected chi connectivity index (χ1v) is 14.1. The van der Waals surface area contributed by atoms with Gasteiger partial charge in [0.05, 0.1) is 11.5 Å². The SMILES string of the molecule is C=C1CC[C@@H]2[C@H]1[C@H]1OC(=O)[C@@H](C)[C@@H]1CC[C@@]2(C)O[C@@H]1O[C@H](COC(C)=O)[C@@H](OC(C)=O)[C@H](OC(C)=O)[C@H]1OC(C)=O. The third-order valence-electron chi connectivity index (χ3n) is 8.82. The zero-order chi connectivity index (χ0) is 30.2. The first-order chi connectivity index (χ1) is 19.2. The van der Waals surface area contributed by atoms with E-state index >= 15 is 0 Å². The number of esters is 5. The third kappa shape index (κ3) is 6.43. The summed E-state index contributed by atoms with van der Waals surface area (Å²) in [4.78, 5) is 60.6. The third-order valence-corrected chi connectivity index (χ3v) is 8.82. The van der Waals surface area contributed by atoms with Crippen LogP contribution in [0.2, 0.25) is 0 Å². The van der Waals surface area contributed by atoms with E-state index in [1.54, 1.807) is 0 Å². The molecule has 0 bridgehead atoms. The van der Waals surface area contributed by atoms with Gasteiger partial charge in [-0.05, 0) is 38.5 Å². The van der Waals surface area contributed by atoms with E-state index in [4.69, 9.17) is 33.2 Å². The maximum atomic E-state index is 12.5. The number of rotatable bonds is 7. The molecule has 0 spiro atoms. The highest BCUT2D eigenvalue weighted by Crippen LogP contribution is 2.55. The Kier molecular flexibility index (Phi) is 9.13. The van der Waals surface area contributed by atoms with Gasteiger partial charge in [-0.25, -0.2) is 0 Å². The quantitative estimate of drug-likeness (QED) is 0.247. The van der Waals surface area contributed by atoms with Crippen LogP contribution in [0.25, 0.3) is 0 Å². The average Bonchev–Trinajstić information content (AvgIpc) is 3.34. The fourth-order valence-corrected chi connectivity index (χ4v) is 6.99. The molecular formula is C29H40O12. The van der Waals surface area contributed by atoms with Gasteiger partial charge in [0.25, 0.3) is 0 Å². The van der Waals surface area contributed by atoms with Crippen molar-refractivity contribution in [3.63, 3.8) is 0 Å². The van der Waals surface area contributed by atoms with Crippen LogP contribution in [-0.2, 0) is 57.1 Å². The lowest BCUT2D eigenvalue weighted by molar-refractivity contribution is -0.335. The van der Waals surface area contributed by atoms with Crippen LogP contribution in [0.4, 0.5) is 0 Å². The predicted octanol–water partition coefficient (Wildman–Crippen LogP) is 2.40. The lowest BCUT2D eigenvalue weighted by atomic mass is 9.77. The first kappa shape index (κ1) is 31.0. The molecule has 0 amide bonds. The Morgan fingerprint density at radius 3 is 2.15 bits per heavy atom. The number of hydrogen-bond acceptors (Lipinski definition) is 12. The van der Waals surface area contributed by atoms with Crippen LogP contribution < -0.4 is 0 Å². The molecule has 2 heterocycles. The standard InChI is InChI=1S/C29H40O12/c1-13-8-9-20-22(13)23-19(14(2)27(34)40-23)10-11-29(20,7)41-28-26(38-18(6)33)25(37-17(5)32)24(36-16(4)31)21(39-28)12-35-15(3)30/h14,19-26,28H,1,8-12H2,2-7H3/t14-,19-,20+,21+,22-,23-,24+,25-,26+,28-,29+/m0/s1. The molecule has 228 valence electrons. The minimum Gasteiger partial charge on any atom is -0.463 e. The first-order valence-electron chi connectivity index (χ1n) is 14.1. The van der Waals surface area contributed by atoms with Gasteiger partial charge in [-0.3, -0.25) is 24.0 Å². The molecule has 2 saturated heterocycles. The zero-order valence-corrected chi connectivity index (χ0v) is 24.4. The van der Waals surface area contributed by atoms with Gasteiger partial charge < -0.3 is 33.2 Å². The smallest absolute Gasteiger partial charge is 0.309 e. The number of carbonyl (C=O) groups is 5. The summed E-state index contributed by atoms with van der Waals surface area (Å²) in [6.07, 6.45) is -3.93. The molecule has 0 unspecified atom stereocenters. The predicted molar refractivity (Wildman–Crippen MR) is 139 cm³/mol. The summed E-state index contributed by atoms with van der Waals surface area (Å²) in [5.41, 5.74) is 0.134. The van der Waals surface area contributed by atoms with Crippen LogP contribution in [-0.4, -0.2) is 78.9 Å². The Morgan fingerprint density at radius 1 is 0.927 bits per heavy atom. The van der Waals surface area contributed by atoms with E-state index in [-0.39, 0.29) is 42.4 Å². The second-order valence-corrected chi connectivity index (χ2v) is 11.7. The molecule has 12 nitrogen and oxygen atoms in total. The van der Waals surface area contributed by atoms with Crippen LogP contribution in [0.15, 0.2) is 12.2 Å². The van der Waals surface area contributed by atoms with Gasteiger partial charge in [-0.2, -0.15) is 0 Å². The van der Waals surface area contributed by atoms with E-state index in [9.17, 15) is 24.0 Å². The summed E-state index contributed by atoms with van der Waals surface area (Å²) in [7, 11) is 0. The molecule has 12 heteroatoms. The van der Waals surface area contributed by atoms with Gasteiger partial charge in [0.1, 0.15) is 18.8 Å². The lowest BCUT2D eigenvalue weighted by Gasteiger charge is -2.48. The molecule has 2 aliphatic carbocycles. The van der Waals surface area contributed by atoms with Crippen molar-refractivity contribution in [2.24, 2.45) is 23.7 Å². The number of hydrogen-bond donors (Lipinski definition) is 0. The van der Waals surface area contributed by atoms with Crippen molar-refractivity contribution >= 4 is 29.8 Å². The summed E-state index contributed by atoms with van der Waals surface area (Å²) in [5.74, 6) is -3.43. The molecule has 0 aromatic carbocycles. The Hall–Kier alpha value is -2.99. The number of carbonyl (C=O) groups excluding carboxylic acids is 5. The van der Waals surface area contributed by atoms with Crippen molar-refractivity contribution in [3.05, 3.63) is 12.2 Å². The minimum atomic E-state index is -1.32. The monoisotopic (exact) mass is 580 g/mol. The summed E-state index contributed by atoms with van der Waals surface area (Å²) in [6, 6.07) is 0. The van der Waals surface area contributed by atoms with Crippen LogP contribution in [0.3, 0.4) is 0 Å². The largest absolute Gasteiger partial charge is 0.463 e. The topological polar surface area (TPSA) is 150 Å². The van der Waals surface area contributed by atoms with Gasteiger partial charge in [0.15, 0.2) is 24.6 Å². The van der Waals surface area contributed by atoms with Crippen molar-refractivity contribution in [2.75, 3.05) is 6.61 Å². The fourth-order valence-electron chi connectivity index (χ4n) is 6.99. The second-order valence-electron chi connectivity index (χ2n) is 11.7. The van der Waals surface area contributed by atoms with E-state index in [0.29, 0.717) is 12.8 Å². The normalized spacial score (nSPS) is 40.0. The van der Waals surface area contributed by atoms with Crippen molar-refractivity contribution in [3.8, 4) is 0 Å². The fraction of sp³-hybridized carbons (Fsp3) is 0.759. The van der Waals surface area contributed by atoms with Crippen molar-refractivity contribution in [1.29, 1.82) is 0 Å². The summed E-state index contributed by atoms with van der Waals surface area (Å²) in [5, 5.41) is 0. The highest BCUT2D eigenvalue weighted by atomic mass is 16.7. The second kappa shape index (κ2) is 12.1. The van der Waals surface area contributed by atoms with Gasteiger partial charge in [-0.15, -0.1) is 0 Å². The molecular weight excluding hydrogens is 540 g/mol. The molecule has 2 aliphatic heterocycles. The van der Waals surface area contributed by atoms with Crippen LogP contribution in [0.1, 0.15) is 67.2 Å². The Bertz CT molecular complexity index is 1090. The van der Waals surface area contributed by atoms with Crippen molar-refractivity contribution < 1.29 is 57.1 Å². The molecule has 11 atom stereocenters. The lowest BCUT2D eigenvalue weighted by Crippen LogP contribution is -2.64. The average molecular weight is 581 g/mol. The van der Waals surface area contributed by atoms with Crippen LogP contribution >= 0.6 is 0 Å². The van der Waals surface area contributed by atoms with Gasteiger partial charge >= 0.3 is 29.8 Å². The maximum absolute atomic E-state index is 12.5. The molecule has 41 heavy (non-hydrogen) atoms. The molecule has 4 fully saturated rings. The number of fused-ring (bicyclic) bond motifs is 3.